The van der Waals surface area contributed by atoms with Crippen LogP contribution in [0, 0.1) is 6.92 Å². The normalized spacial score (nSPS) is 11.7. The lowest BCUT2D eigenvalue weighted by Gasteiger charge is -2.15. The summed E-state index contributed by atoms with van der Waals surface area (Å²) in [6, 6.07) is 27.5. The van der Waals surface area contributed by atoms with Gasteiger partial charge in [0.15, 0.2) is 0 Å². The molecule has 3 amide bonds. The molecule has 0 saturated heterocycles. The van der Waals surface area contributed by atoms with Crippen LogP contribution < -0.4 is 16.0 Å². The summed E-state index contributed by atoms with van der Waals surface area (Å²) in [7, 11) is 0. The van der Waals surface area contributed by atoms with Gasteiger partial charge in [-0.2, -0.15) is 0 Å². The molecule has 0 fully saturated rings. The van der Waals surface area contributed by atoms with Gasteiger partial charge in [-0.25, -0.2) is 4.79 Å². The molecule has 4 aromatic rings. The average molecular weight is 659 g/mol. The standard InChI is InChI=1S/C33H28BrN3O5S/c1-20-11-14-24(33(41)42)18-28(20)36-30(38)21(2)43-27-10-6-9-26(19-27)35-32(40)29(17-22-12-15-25(34)16-13-22)37-31(39)23-7-4-3-5-8-23/h3-19,21H,1-2H3,(H,35,40)(H,36,38)(H,37,39)(H,41,42)/b29-17+. The van der Waals surface area contributed by atoms with E-state index in [1.54, 1.807) is 74.5 Å². The van der Waals surface area contributed by atoms with Crippen molar-refractivity contribution in [2.45, 2.75) is 24.0 Å². The highest BCUT2D eigenvalue weighted by Gasteiger charge is 2.18. The highest BCUT2D eigenvalue weighted by atomic mass is 79.9. The van der Waals surface area contributed by atoms with E-state index < -0.39 is 23.0 Å². The Balaban J connectivity index is 1.48. The fourth-order valence-corrected chi connectivity index (χ4v) is 5.09. The highest BCUT2D eigenvalue weighted by Crippen LogP contribution is 2.28. The number of rotatable bonds is 10. The van der Waals surface area contributed by atoms with Crippen molar-refractivity contribution in [1.82, 2.24) is 5.32 Å². The van der Waals surface area contributed by atoms with E-state index in [1.165, 1.54) is 23.9 Å². The van der Waals surface area contributed by atoms with Crippen molar-refractivity contribution in [2.24, 2.45) is 0 Å². The predicted octanol–water partition coefficient (Wildman–Crippen LogP) is 6.98. The molecule has 10 heteroatoms. The minimum Gasteiger partial charge on any atom is -0.478 e. The number of carbonyl (C=O) groups excluding carboxylic acids is 3. The van der Waals surface area contributed by atoms with E-state index >= 15 is 0 Å². The number of anilines is 2. The lowest BCUT2D eigenvalue weighted by atomic mass is 10.1. The Labute approximate surface area is 261 Å². The van der Waals surface area contributed by atoms with Crippen LogP contribution in [0.15, 0.2) is 112 Å². The fraction of sp³-hybridized carbons (Fsp3) is 0.0909. The molecule has 1 atom stereocenters. The minimum absolute atomic E-state index is 0.0564. The molecular weight excluding hydrogens is 630 g/mol. The molecule has 4 aromatic carbocycles. The summed E-state index contributed by atoms with van der Waals surface area (Å²) in [5.74, 6) is -2.32. The topological polar surface area (TPSA) is 125 Å². The molecule has 43 heavy (non-hydrogen) atoms. The molecule has 0 aromatic heterocycles. The number of aryl methyl sites for hydroxylation is 1. The predicted molar refractivity (Wildman–Crippen MR) is 173 cm³/mol. The van der Waals surface area contributed by atoms with E-state index in [1.807, 2.05) is 30.3 Å². The molecule has 4 N–H and O–H groups in total. The number of aromatic carboxylic acids is 1. The van der Waals surface area contributed by atoms with Crippen LogP contribution in [0.4, 0.5) is 11.4 Å². The Morgan fingerprint density at radius 2 is 1.56 bits per heavy atom. The third-order valence-electron chi connectivity index (χ3n) is 6.23. The van der Waals surface area contributed by atoms with Gasteiger partial charge in [0.05, 0.1) is 10.8 Å². The number of carboxylic acid groups (broad SMARTS) is 1. The van der Waals surface area contributed by atoms with Crippen LogP contribution in [0.1, 0.15) is 38.8 Å². The molecule has 0 heterocycles. The Morgan fingerprint density at radius 3 is 2.26 bits per heavy atom. The second kappa shape index (κ2) is 14.5. The van der Waals surface area contributed by atoms with Crippen LogP contribution in [0.3, 0.4) is 0 Å². The first-order chi connectivity index (χ1) is 20.6. The van der Waals surface area contributed by atoms with Crippen molar-refractivity contribution in [3.05, 3.63) is 129 Å². The second-order valence-corrected chi connectivity index (χ2v) is 11.8. The molecule has 218 valence electrons. The number of halogens is 1. The molecule has 0 saturated carbocycles. The van der Waals surface area contributed by atoms with Gasteiger partial charge in [0, 0.05) is 26.3 Å². The van der Waals surface area contributed by atoms with Gasteiger partial charge in [0.2, 0.25) is 5.91 Å². The van der Waals surface area contributed by atoms with Crippen molar-refractivity contribution in [2.75, 3.05) is 10.6 Å². The number of hydrogen-bond donors (Lipinski definition) is 4. The highest BCUT2D eigenvalue weighted by molar-refractivity contribution is 9.10. The Kier molecular flexibility index (Phi) is 10.5. The molecule has 8 nitrogen and oxygen atoms in total. The number of amides is 3. The molecule has 0 aliphatic heterocycles. The van der Waals surface area contributed by atoms with E-state index in [0.29, 0.717) is 16.9 Å². The van der Waals surface area contributed by atoms with Gasteiger partial charge in [-0.15, -0.1) is 11.8 Å². The maximum atomic E-state index is 13.4. The zero-order valence-electron chi connectivity index (χ0n) is 23.3. The average Bonchev–Trinajstić information content (AvgIpc) is 2.99. The molecule has 0 radical (unpaired) electrons. The van der Waals surface area contributed by atoms with Gasteiger partial charge in [0.25, 0.3) is 11.8 Å². The first-order valence-corrected chi connectivity index (χ1v) is 14.8. The summed E-state index contributed by atoms with van der Waals surface area (Å²) >= 11 is 4.68. The Hall–Kier alpha value is -4.67. The zero-order chi connectivity index (χ0) is 30.9. The molecule has 0 bridgehead atoms. The summed E-state index contributed by atoms with van der Waals surface area (Å²) in [5, 5.41) is 17.1. The van der Waals surface area contributed by atoms with E-state index in [4.69, 9.17) is 0 Å². The number of hydrogen-bond acceptors (Lipinski definition) is 5. The van der Waals surface area contributed by atoms with Crippen molar-refractivity contribution in [1.29, 1.82) is 0 Å². The Morgan fingerprint density at radius 1 is 0.837 bits per heavy atom. The number of thioether (sulfide) groups is 1. The van der Waals surface area contributed by atoms with Gasteiger partial charge in [-0.1, -0.05) is 58.4 Å². The number of carbonyl (C=O) groups is 4. The molecule has 0 aliphatic rings. The van der Waals surface area contributed by atoms with Gasteiger partial charge in [-0.05, 0) is 85.6 Å². The maximum absolute atomic E-state index is 13.4. The van der Waals surface area contributed by atoms with E-state index in [-0.39, 0.29) is 17.2 Å². The smallest absolute Gasteiger partial charge is 0.335 e. The van der Waals surface area contributed by atoms with E-state index in [0.717, 1.165) is 20.5 Å². The number of nitrogens with one attached hydrogen (secondary N) is 3. The van der Waals surface area contributed by atoms with E-state index in [2.05, 4.69) is 31.9 Å². The summed E-state index contributed by atoms with van der Waals surface area (Å²) in [5.41, 5.74) is 2.91. The van der Waals surface area contributed by atoms with Gasteiger partial charge < -0.3 is 21.1 Å². The Bertz CT molecular complexity index is 1690. The quantitative estimate of drug-likeness (QED) is 0.108. The SMILES string of the molecule is Cc1ccc(C(=O)O)cc1NC(=O)C(C)Sc1cccc(NC(=O)/C(=C\c2ccc(Br)cc2)NC(=O)c2ccccc2)c1. The number of benzene rings is 4. The lowest BCUT2D eigenvalue weighted by Crippen LogP contribution is -2.30. The van der Waals surface area contributed by atoms with Gasteiger partial charge in [-0.3, -0.25) is 14.4 Å². The third-order valence-corrected chi connectivity index (χ3v) is 7.85. The van der Waals surface area contributed by atoms with Gasteiger partial charge >= 0.3 is 5.97 Å². The van der Waals surface area contributed by atoms with Crippen LogP contribution in [-0.4, -0.2) is 34.0 Å². The van der Waals surface area contributed by atoms with Crippen LogP contribution in [0.25, 0.3) is 6.08 Å². The largest absolute Gasteiger partial charge is 0.478 e. The fourth-order valence-electron chi connectivity index (χ4n) is 3.90. The van der Waals surface area contributed by atoms with Gasteiger partial charge in [0.1, 0.15) is 5.70 Å². The van der Waals surface area contributed by atoms with Crippen LogP contribution >= 0.6 is 27.7 Å². The molecule has 1 unspecified atom stereocenters. The zero-order valence-corrected chi connectivity index (χ0v) is 25.7. The lowest BCUT2D eigenvalue weighted by molar-refractivity contribution is -0.115. The minimum atomic E-state index is -1.08. The third kappa shape index (κ3) is 8.91. The second-order valence-electron chi connectivity index (χ2n) is 9.50. The molecule has 0 spiro atoms. The molecule has 4 rings (SSSR count). The number of carboxylic acids is 1. The first kappa shape index (κ1) is 31.3. The summed E-state index contributed by atoms with van der Waals surface area (Å²) in [4.78, 5) is 51.2. The molecular formula is C33H28BrN3O5S. The summed E-state index contributed by atoms with van der Waals surface area (Å²) in [6.07, 6.45) is 1.59. The summed E-state index contributed by atoms with van der Waals surface area (Å²) < 4.78 is 0.880. The monoisotopic (exact) mass is 657 g/mol. The van der Waals surface area contributed by atoms with Crippen LogP contribution in [-0.2, 0) is 9.59 Å². The van der Waals surface area contributed by atoms with Crippen LogP contribution in [0.5, 0.6) is 0 Å². The van der Waals surface area contributed by atoms with Crippen molar-refractivity contribution in [3.8, 4) is 0 Å². The van der Waals surface area contributed by atoms with Crippen LogP contribution in [0.2, 0.25) is 0 Å². The maximum Gasteiger partial charge on any atom is 0.335 e. The van der Waals surface area contributed by atoms with Crippen molar-refractivity contribution < 1.29 is 24.3 Å². The first-order valence-electron chi connectivity index (χ1n) is 13.2. The van der Waals surface area contributed by atoms with Crippen molar-refractivity contribution >= 4 is 68.8 Å². The van der Waals surface area contributed by atoms with Crippen molar-refractivity contribution in [3.63, 3.8) is 0 Å². The van der Waals surface area contributed by atoms with E-state index in [9.17, 15) is 24.3 Å². The molecule has 0 aliphatic carbocycles. The summed E-state index contributed by atoms with van der Waals surface area (Å²) in [6.45, 7) is 3.52.